The molecule has 0 saturated carbocycles. The molecule has 9 nitrogen and oxygen atoms in total. The van der Waals surface area contributed by atoms with E-state index in [2.05, 4.69) is 15.0 Å². The van der Waals surface area contributed by atoms with Crippen molar-refractivity contribution >= 4 is 27.6 Å². The van der Waals surface area contributed by atoms with Crippen LogP contribution in [0.4, 0.5) is 10.1 Å². The number of carbonyl (C=O) groups is 1. The third-order valence-electron chi connectivity index (χ3n) is 4.17. The van der Waals surface area contributed by atoms with Gasteiger partial charge >= 0.3 is 0 Å². The number of fused-ring (bicyclic) bond motifs is 1. The van der Waals surface area contributed by atoms with E-state index in [0.29, 0.717) is 0 Å². The van der Waals surface area contributed by atoms with Gasteiger partial charge in [-0.3, -0.25) is 4.79 Å². The second-order valence-corrected chi connectivity index (χ2v) is 8.08. The van der Waals surface area contributed by atoms with E-state index in [9.17, 15) is 18.5 Å². The Morgan fingerprint density at radius 2 is 2.29 bits per heavy atom. The summed E-state index contributed by atoms with van der Waals surface area (Å²) >= 11 is 0. The van der Waals surface area contributed by atoms with Crippen LogP contribution in [0.1, 0.15) is 28.7 Å². The van der Waals surface area contributed by atoms with Crippen molar-refractivity contribution in [3.8, 4) is 6.07 Å². The standard InChI is InChI=1S/C17H17FN6O3S/c1-9(25)13-4-3-12-14(28(20,27)23-13)8-24(2)16(12)17(26)22-10-5-11(7-19)21-15(18)6-10/h3-6,8-9,13,25H,1-2H3,(H2,20,23,27)(H,21,22,26)/t9-,13+,28?/m0/s1. The predicted octanol–water partition coefficient (Wildman–Crippen LogP) is 1.37. The number of hydrogen-bond donors (Lipinski definition) is 4. The molecule has 0 aromatic carbocycles. The van der Waals surface area contributed by atoms with Crippen molar-refractivity contribution in [2.75, 3.05) is 5.32 Å². The Labute approximate surface area is 160 Å². The number of aliphatic hydroxyl groups excluding tert-OH is 1. The molecule has 0 saturated heterocycles. The molecule has 11 heteroatoms. The summed E-state index contributed by atoms with van der Waals surface area (Å²) in [5.41, 5.74) is 0.188. The van der Waals surface area contributed by atoms with Gasteiger partial charge in [0, 0.05) is 30.6 Å². The van der Waals surface area contributed by atoms with Crippen molar-refractivity contribution in [2.45, 2.75) is 24.0 Å². The van der Waals surface area contributed by atoms with Gasteiger partial charge in [0.15, 0.2) is 0 Å². The number of amides is 1. The van der Waals surface area contributed by atoms with Crippen molar-refractivity contribution in [3.63, 3.8) is 0 Å². The van der Waals surface area contributed by atoms with Crippen molar-refractivity contribution in [3.05, 3.63) is 47.3 Å². The number of aryl methyl sites for hydroxylation is 1. The van der Waals surface area contributed by atoms with Crippen molar-refractivity contribution in [1.82, 2.24) is 14.3 Å². The molecule has 2 aromatic rings. The zero-order valence-electron chi connectivity index (χ0n) is 14.9. The highest BCUT2D eigenvalue weighted by Gasteiger charge is 2.29. The monoisotopic (exact) mass is 404 g/mol. The van der Waals surface area contributed by atoms with E-state index in [1.807, 2.05) is 0 Å². The molecule has 3 heterocycles. The van der Waals surface area contributed by atoms with Crippen molar-refractivity contribution < 1.29 is 18.5 Å². The summed E-state index contributed by atoms with van der Waals surface area (Å²) in [7, 11) is -1.94. The molecule has 1 aliphatic heterocycles. The molecular formula is C17H17FN6O3S. The minimum Gasteiger partial charge on any atom is -0.391 e. The van der Waals surface area contributed by atoms with Gasteiger partial charge in [-0.25, -0.2) is 18.7 Å². The Morgan fingerprint density at radius 3 is 2.93 bits per heavy atom. The Morgan fingerprint density at radius 1 is 1.57 bits per heavy atom. The minimum absolute atomic E-state index is 0.0354. The molecule has 0 aliphatic carbocycles. The smallest absolute Gasteiger partial charge is 0.272 e. The number of carbonyl (C=O) groups excluding carboxylic acids is 1. The lowest BCUT2D eigenvalue weighted by Gasteiger charge is -2.17. The highest BCUT2D eigenvalue weighted by atomic mass is 32.2. The van der Waals surface area contributed by atoms with E-state index < -0.39 is 33.9 Å². The van der Waals surface area contributed by atoms with Crippen LogP contribution in [-0.2, 0) is 17.0 Å². The Balaban J connectivity index is 2.04. The normalized spacial score (nSPS) is 22.0. The molecule has 4 N–H and O–H groups in total. The fourth-order valence-corrected chi connectivity index (χ4v) is 4.43. The average molecular weight is 404 g/mol. The largest absolute Gasteiger partial charge is 0.391 e. The van der Waals surface area contributed by atoms with Crippen molar-refractivity contribution in [2.24, 2.45) is 7.05 Å². The van der Waals surface area contributed by atoms with Gasteiger partial charge in [0.25, 0.3) is 5.91 Å². The molecule has 3 atom stereocenters. The second-order valence-electron chi connectivity index (χ2n) is 6.30. The van der Waals surface area contributed by atoms with Crippen molar-refractivity contribution in [1.29, 1.82) is 10.0 Å². The van der Waals surface area contributed by atoms with Crippen LogP contribution in [0.2, 0.25) is 0 Å². The fraction of sp³-hybridized carbons (Fsp3) is 0.235. The molecule has 0 spiro atoms. The minimum atomic E-state index is -3.48. The van der Waals surface area contributed by atoms with E-state index in [1.54, 1.807) is 13.1 Å². The summed E-state index contributed by atoms with van der Waals surface area (Å²) in [6, 6.07) is 3.15. The first kappa shape index (κ1) is 19.7. The number of pyridine rings is 1. The number of anilines is 1. The molecular weight excluding hydrogens is 387 g/mol. The molecule has 0 radical (unpaired) electrons. The maximum Gasteiger partial charge on any atom is 0.272 e. The van der Waals surface area contributed by atoms with Gasteiger partial charge in [0.1, 0.15) is 27.4 Å². The zero-order chi connectivity index (χ0) is 20.6. The number of aromatic nitrogens is 2. The highest BCUT2D eigenvalue weighted by molar-refractivity contribution is 7.90. The average Bonchev–Trinajstić information content (AvgIpc) is 2.88. The van der Waals surface area contributed by atoms with E-state index in [-0.39, 0.29) is 27.5 Å². The molecule has 1 amide bonds. The van der Waals surface area contributed by atoms with Crippen LogP contribution in [0.3, 0.4) is 0 Å². The first-order valence-corrected chi connectivity index (χ1v) is 9.69. The number of nitriles is 1. The topological polar surface area (TPSA) is 144 Å². The summed E-state index contributed by atoms with van der Waals surface area (Å²) < 4.78 is 38.5. The zero-order valence-corrected chi connectivity index (χ0v) is 15.7. The van der Waals surface area contributed by atoms with E-state index in [4.69, 9.17) is 10.0 Å². The molecule has 1 unspecified atom stereocenters. The van der Waals surface area contributed by atoms with E-state index >= 15 is 0 Å². The molecule has 0 bridgehead atoms. The third-order valence-corrected chi connectivity index (χ3v) is 5.72. The summed E-state index contributed by atoms with van der Waals surface area (Å²) in [6.45, 7) is 1.49. The molecule has 28 heavy (non-hydrogen) atoms. The van der Waals surface area contributed by atoms with Gasteiger partial charge in [-0.05, 0) is 13.0 Å². The van der Waals surface area contributed by atoms with E-state index in [1.165, 1.54) is 35.9 Å². The first-order chi connectivity index (χ1) is 13.1. The predicted molar refractivity (Wildman–Crippen MR) is 99.0 cm³/mol. The van der Waals surface area contributed by atoms with Crippen LogP contribution in [0, 0.1) is 22.1 Å². The molecule has 2 aromatic heterocycles. The third kappa shape index (κ3) is 3.65. The Hall–Kier alpha value is -3.07. The molecule has 3 rings (SSSR count). The van der Waals surface area contributed by atoms with Crippen LogP contribution >= 0.6 is 0 Å². The highest BCUT2D eigenvalue weighted by Crippen LogP contribution is 2.28. The summed E-state index contributed by atoms with van der Waals surface area (Å²) in [6.07, 6.45) is 3.54. The number of nitrogens with one attached hydrogen (secondary N) is 3. The number of nitrogens with zero attached hydrogens (tertiary/aromatic N) is 3. The quantitative estimate of drug-likeness (QED) is 0.571. The van der Waals surface area contributed by atoms with Crippen LogP contribution in [0.5, 0.6) is 0 Å². The van der Waals surface area contributed by atoms with Crippen LogP contribution in [0.25, 0.3) is 6.08 Å². The maximum atomic E-state index is 13.5. The number of hydrogen-bond acceptors (Lipinski definition) is 6. The fourth-order valence-electron chi connectivity index (χ4n) is 2.86. The lowest BCUT2D eigenvalue weighted by atomic mass is 10.1. The molecule has 1 aliphatic rings. The number of rotatable bonds is 3. The van der Waals surface area contributed by atoms with Gasteiger partial charge in [-0.15, -0.1) is 0 Å². The number of aliphatic hydroxyl groups is 1. The Kier molecular flexibility index (Phi) is 5.03. The maximum absolute atomic E-state index is 13.5. The lowest BCUT2D eigenvalue weighted by molar-refractivity contribution is 0.101. The van der Waals surface area contributed by atoms with E-state index in [0.717, 1.165) is 6.07 Å². The van der Waals surface area contributed by atoms with Gasteiger partial charge in [-0.1, -0.05) is 12.2 Å². The number of halogens is 1. The summed E-state index contributed by atoms with van der Waals surface area (Å²) in [4.78, 5) is 16.3. The van der Waals surface area contributed by atoms with Gasteiger partial charge in [0.2, 0.25) is 5.95 Å². The van der Waals surface area contributed by atoms with Crippen LogP contribution < -0.4 is 10.0 Å². The van der Waals surface area contributed by atoms with Gasteiger partial charge in [0.05, 0.1) is 17.0 Å². The van der Waals surface area contributed by atoms with Crippen LogP contribution in [-0.4, -0.2) is 36.9 Å². The molecule has 0 fully saturated rings. The summed E-state index contributed by atoms with van der Waals surface area (Å²) in [5.74, 6) is -1.56. The Bertz CT molecular complexity index is 1130. The second kappa shape index (κ2) is 7.16. The SMILES string of the molecule is C[C@H](O)[C@H]1C=Cc2c(cn(C)c2C(=O)Nc2cc(F)nc(C#N)c2)S(=N)(=O)N1. The molecule has 146 valence electrons. The van der Waals surface area contributed by atoms with Gasteiger partial charge < -0.3 is 15.0 Å². The lowest BCUT2D eigenvalue weighted by Crippen LogP contribution is -2.39. The van der Waals surface area contributed by atoms with Gasteiger partial charge in [-0.2, -0.15) is 9.65 Å². The van der Waals surface area contributed by atoms with Crippen LogP contribution in [0.15, 0.2) is 29.3 Å². The first-order valence-electron chi connectivity index (χ1n) is 8.13. The summed E-state index contributed by atoms with van der Waals surface area (Å²) in [5, 5.41) is 21.1.